The Morgan fingerprint density at radius 3 is 3.09 bits per heavy atom. The van der Waals surface area contributed by atoms with Gasteiger partial charge in [-0.3, -0.25) is 0 Å². The first kappa shape index (κ1) is 8.30. The van der Waals surface area contributed by atoms with Crippen molar-refractivity contribution in [2.45, 2.75) is 13.0 Å². The predicted molar refractivity (Wildman–Crippen MR) is 44.3 cm³/mol. The molecule has 0 aliphatic carbocycles. The molecular weight excluding hydrogens is 140 g/mol. The molecule has 0 amide bonds. The van der Waals surface area contributed by atoms with Gasteiger partial charge in [-0.1, -0.05) is 0 Å². The van der Waals surface area contributed by atoms with Crippen LogP contribution < -0.4 is 5.73 Å². The van der Waals surface area contributed by atoms with E-state index in [-0.39, 0.29) is 0 Å². The maximum atomic E-state index is 5.39. The van der Waals surface area contributed by atoms with Gasteiger partial charge < -0.3 is 15.5 Å². The van der Waals surface area contributed by atoms with Gasteiger partial charge >= 0.3 is 0 Å². The SMILES string of the molecule is COCc1c[nH]c(CCN)c1. The maximum Gasteiger partial charge on any atom is 0.0727 e. The number of nitrogens with one attached hydrogen (secondary N) is 1. The van der Waals surface area contributed by atoms with E-state index in [0.29, 0.717) is 13.2 Å². The number of aromatic amines is 1. The smallest absolute Gasteiger partial charge is 0.0727 e. The molecule has 11 heavy (non-hydrogen) atoms. The van der Waals surface area contributed by atoms with Gasteiger partial charge in [0.25, 0.3) is 0 Å². The van der Waals surface area contributed by atoms with Crippen molar-refractivity contribution in [1.29, 1.82) is 0 Å². The van der Waals surface area contributed by atoms with Gasteiger partial charge in [-0.05, 0) is 24.6 Å². The number of hydrogen-bond acceptors (Lipinski definition) is 2. The lowest BCUT2D eigenvalue weighted by molar-refractivity contribution is 0.185. The Balaban J connectivity index is 2.51. The highest BCUT2D eigenvalue weighted by atomic mass is 16.5. The Kier molecular flexibility index (Phi) is 3.14. The highest BCUT2D eigenvalue weighted by Gasteiger charge is 1.96. The van der Waals surface area contributed by atoms with E-state index in [4.69, 9.17) is 10.5 Å². The van der Waals surface area contributed by atoms with E-state index in [2.05, 4.69) is 11.1 Å². The standard InChI is InChI=1S/C8H14N2O/c1-11-6-7-4-8(2-3-9)10-5-7/h4-5,10H,2-3,6,9H2,1H3. The molecule has 62 valence electrons. The fraction of sp³-hybridized carbons (Fsp3) is 0.500. The normalized spacial score (nSPS) is 10.4. The second-order valence-corrected chi connectivity index (χ2v) is 2.50. The molecule has 0 aliphatic rings. The number of ether oxygens (including phenoxy) is 1. The van der Waals surface area contributed by atoms with Crippen molar-refractivity contribution in [3.63, 3.8) is 0 Å². The third kappa shape index (κ3) is 2.37. The average Bonchev–Trinajstić information content (AvgIpc) is 2.38. The van der Waals surface area contributed by atoms with Crippen LogP contribution in [0.4, 0.5) is 0 Å². The van der Waals surface area contributed by atoms with Gasteiger partial charge in [0.1, 0.15) is 0 Å². The molecule has 1 rings (SSSR count). The van der Waals surface area contributed by atoms with E-state index in [1.807, 2.05) is 6.20 Å². The van der Waals surface area contributed by atoms with E-state index in [0.717, 1.165) is 6.42 Å². The summed E-state index contributed by atoms with van der Waals surface area (Å²) in [6, 6.07) is 2.08. The number of H-pyrrole nitrogens is 1. The first-order valence-corrected chi connectivity index (χ1v) is 3.72. The van der Waals surface area contributed by atoms with E-state index >= 15 is 0 Å². The minimum Gasteiger partial charge on any atom is -0.380 e. The molecule has 1 aromatic heterocycles. The topological polar surface area (TPSA) is 51.0 Å². The van der Waals surface area contributed by atoms with Gasteiger partial charge in [0.2, 0.25) is 0 Å². The molecule has 0 aliphatic heterocycles. The number of nitrogens with two attached hydrogens (primary N) is 1. The van der Waals surface area contributed by atoms with Crippen molar-refractivity contribution < 1.29 is 4.74 Å². The van der Waals surface area contributed by atoms with Gasteiger partial charge in [-0.15, -0.1) is 0 Å². The Labute approximate surface area is 66.6 Å². The summed E-state index contributed by atoms with van der Waals surface area (Å²) in [7, 11) is 1.69. The summed E-state index contributed by atoms with van der Waals surface area (Å²) >= 11 is 0. The summed E-state index contributed by atoms with van der Waals surface area (Å²) in [5.74, 6) is 0. The number of aromatic nitrogens is 1. The van der Waals surface area contributed by atoms with Gasteiger partial charge in [-0.2, -0.15) is 0 Å². The summed E-state index contributed by atoms with van der Waals surface area (Å²) in [5, 5.41) is 0. The number of rotatable bonds is 4. The van der Waals surface area contributed by atoms with Gasteiger partial charge in [0.15, 0.2) is 0 Å². The molecule has 0 saturated heterocycles. The van der Waals surface area contributed by atoms with Gasteiger partial charge in [0, 0.05) is 19.0 Å². The van der Waals surface area contributed by atoms with Crippen LogP contribution in [0, 0.1) is 0 Å². The van der Waals surface area contributed by atoms with Crippen LogP contribution in [0.1, 0.15) is 11.3 Å². The number of methoxy groups -OCH3 is 1. The molecule has 1 aromatic rings. The Hall–Kier alpha value is -0.800. The molecule has 0 aromatic carbocycles. The zero-order chi connectivity index (χ0) is 8.10. The van der Waals surface area contributed by atoms with Crippen LogP contribution in [0.2, 0.25) is 0 Å². The van der Waals surface area contributed by atoms with Crippen LogP contribution in [0.25, 0.3) is 0 Å². The lowest BCUT2D eigenvalue weighted by atomic mass is 10.3. The minimum absolute atomic E-state index is 0.668. The zero-order valence-electron chi connectivity index (χ0n) is 6.76. The van der Waals surface area contributed by atoms with Gasteiger partial charge in [-0.25, -0.2) is 0 Å². The van der Waals surface area contributed by atoms with Crippen LogP contribution in [-0.4, -0.2) is 18.6 Å². The van der Waals surface area contributed by atoms with Crippen LogP contribution >= 0.6 is 0 Å². The molecule has 0 saturated carbocycles. The summed E-state index contributed by atoms with van der Waals surface area (Å²) in [5.41, 5.74) is 7.75. The summed E-state index contributed by atoms with van der Waals surface area (Å²) in [6.45, 7) is 1.36. The van der Waals surface area contributed by atoms with E-state index in [1.54, 1.807) is 7.11 Å². The summed E-state index contributed by atoms with van der Waals surface area (Å²) in [4.78, 5) is 3.13. The quantitative estimate of drug-likeness (QED) is 0.669. The molecule has 0 fully saturated rings. The molecule has 3 nitrogen and oxygen atoms in total. The lowest BCUT2D eigenvalue weighted by Gasteiger charge is -1.91. The number of hydrogen-bond donors (Lipinski definition) is 2. The third-order valence-corrected chi connectivity index (χ3v) is 1.53. The molecular formula is C8H14N2O. The fourth-order valence-corrected chi connectivity index (χ4v) is 1.04. The van der Waals surface area contributed by atoms with Crippen molar-refractivity contribution in [3.05, 3.63) is 23.5 Å². The first-order valence-electron chi connectivity index (χ1n) is 3.72. The monoisotopic (exact) mass is 154 g/mol. The Morgan fingerprint density at radius 1 is 1.64 bits per heavy atom. The van der Waals surface area contributed by atoms with Gasteiger partial charge in [0.05, 0.1) is 6.61 Å². The third-order valence-electron chi connectivity index (χ3n) is 1.53. The molecule has 3 N–H and O–H groups in total. The first-order chi connectivity index (χ1) is 5.36. The fourth-order valence-electron chi connectivity index (χ4n) is 1.04. The summed E-state index contributed by atoms with van der Waals surface area (Å²) < 4.78 is 4.97. The van der Waals surface area contributed by atoms with Crippen molar-refractivity contribution >= 4 is 0 Å². The molecule has 0 spiro atoms. The Morgan fingerprint density at radius 2 is 2.45 bits per heavy atom. The van der Waals surface area contributed by atoms with Crippen molar-refractivity contribution in [3.8, 4) is 0 Å². The van der Waals surface area contributed by atoms with Crippen molar-refractivity contribution in [1.82, 2.24) is 4.98 Å². The second-order valence-electron chi connectivity index (χ2n) is 2.50. The minimum atomic E-state index is 0.668. The van der Waals surface area contributed by atoms with Crippen LogP contribution in [-0.2, 0) is 17.8 Å². The Bertz CT molecular complexity index is 187. The molecule has 0 bridgehead atoms. The molecule has 0 unspecified atom stereocenters. The molecule has 0 atom stereocenters. The zero-order valence-corrected chi connectivity index (χ0v) is 6.76. The van der Waals surface area contributed by atoms with Crippen LogP contribution in [0.15, 0.2) is 12.3 Å². The predicted octanol–water partition coefficient (Wildman–Crippen LogP) is 0.662. The highest BCUT2D eigenvalue weighted by molar-refractivity contribution is 5.15. The van der Waals surface area contributed by atoms with Crippen LogP contribution in [0.3, 0.4) is 0 Å². The van der Waals surface area contributed by atoms with Crippen molar-refractivity contribution in [2.75, 3.05) is 13.7 Å². The largest absolute Gasteiger partial charge is 0.380 e. The maximum absolute atomic E-state index is 5.39. The average molecular weight is 154 g/mol. The van der Waals surface area contributed by atoms with Crippen LogP contribution in [0.5, 0.6) is 0 Å². The van der Waals surface area contributed by atoms with E-state index in [9.17, 15) is 0 Å². The lowest BCUT2D eigenvalue weighted by Crippen LogP contribution is -2.02. The molecule has 1 heterocycles. The highest BCUT2D eigenvalue weighted by Crippen LogP contribution is 2.04. The molecule has 0 radical (unpaired) electrons. The summed E-state index contributed by atoms with van der Waals surface area (Å²) in [6.07, 6.45) is 2.86. The van der Waals surface area contributed by atoms with Crippen molar-refractivity contribution in [2.24, 2.45) is 5.73 Å². The van der Waals surface area contributed by atoms with E-state index < -0.39 is 0 Å². The molecule has 3 heteroatoms. The van der Waals surface area contributed by atoms with E-state index in [1.165, 1.54) is 11.3 Å². The second kappa shape index (κ2) is 4.16.